The molecule has 1 atom stereocenters. The van der Waals surface area contributed by atoms with Crippen molar-refractivity contribution in [2.24, 2.45) is 0 Å². The molecule has 11 heteroatoms. The van der Waals surface area contributed by atoms with E-state index in [2.05, 4.69) is 11.1 Å². The lowest BCUT2D eigenvalue weighted by Crippen LogP contribution is -2.35. The van der Waals surface area contributed by atoms with Crippen LogP contribution in [0.25, 0.3) is 17.5 Å². The van der Waals surface area contributed by atoms with E-state index in [0.29, 0.717) is 16.1 Å². The summed E-state index contributed by atoms with van der Waals surface area (Å²) in [4.78, 5) is 17.2. The average Bonchev–Trinajstić information content (AvgIpc) is 3.32. The van der Waals surface area contributed by atoms with Gasteiger partial charge in [-0.15, -0.1) is 0 Å². The van der Waals surface area contributed by atoms with Gasteiger partial charge in [-0.3, -0.25) is 0 Å². The Labute approximate surface area is 205 Å². The molecule has 164 valence electrons. The van der Waals surface area contributed by atoms with Crippen LogP contribution >= 0.6 is 46.4 Å². The highest BCUT2D eigenvalue weighted by molar-refractivity contribution is 6.43. The van der Waals surface area contributed by atoms with Crippen LogP contribution in [0.2, 0.25) is 20.1 Å². The molecule has 1 aliphatic heterocycles. The first-order chi connectivity index (χ1) is 15.8. The van der Waals surface area contributed by atoms with Gasteiger partial charge in [0, 0.05) is 0 Å². The molecule has 0 radical (unpaired) electrons. The second kappa shape index (κ2) is 8.01. The summed E-state index contributed by atoms with van der Waals surface area (Å²) in [6.07, 6.45) is 1.48. The van der Waals surface area contributed by atoms with Crippen molar-refractivity contribution >= 4 is 64.1 Å². The molecule has 2 aromatic heterocycles. The van der Waals surface area contributed by atoms with Crippen molar-refractivity contribution in [2.75, 3.05) is 5.73 Å². The van der Waals surface area contributed by atoms with E-state index in [9.17, 15) is 10.1 Å². The fourth-order valence-corrected chi connectivity index (χ4v) is 4.55. The molecule has 0 bridgehead atoms. The molecule has 0 amide bonds. The minimum Gasteiger partial charge on any atom is -0.406 e. The fourth-order valence-electron chi connectivity index (χ4n) is 3.77. The number of hydrogen-bond donors (Lipinski definition) is 1. The molecule has 2 aromatic carbocycles. The van der Waals surface area contributed by atoms with Crippen molar-refractivity contribution < 1.29 is 8.83 Å². The third-order valence-electron chi connectivity index (χ3n) is 5.18. The highest BCUT2D eigenvalue weighted by Crippen LogP contribution is 2.42. The zero-order valence-electron chi connectivity index (χ0n) is 16.3. The largest absolute Gasteiger partial charge is 0.406 e. The number of aromatic nitrogens is 2. The van der Waals surface area contributed by atoms with Crippen LogP contribution in [-0.2, 0) is 0 Å². The van der Waals surface area contributed by atoms with Crippen LogP contribution in [-0.4, -0.2) is 9.55 Å². The molecule has 4 aromatic rings. The van der Waals surface area contributed by atoms with Gasteiger partial charge in [0.05, 0.1) is 26.0 Å². The Bertz CT molecular complexity index is 1680. The van der Waals surface area contributed by atoms with E-state index in [1.54, 1.807) is 36.4 Å². The lowest BCUT2D eigenvalue weighted by molar-refractivity contribution is 0.455. The lowest BCUT2D eigenvalue weighted by atomic mass is 9.87. The van der Waals surface area contributed by atoms with Gasteiger partial charge in [-0.25, -0.2) is 9.36 Å². The molecule has 2 N–H and O–H groups in total. The fraction of sp³-hybridized carbons (Fsp3) is 0.0455. The molecule has 0 fully saturated rings. The molecule has 1 aliphatic rings. The number of nitriles is 1. The van der Waals surface area contributed by atoms with Crippen LogP contribution in [0.1, 0.15) is 22.7 Å². The van der Waals surface area contributed by atoms with E-state index in [0.717, 1.165) is 0 Å². The third-order valence-corrected chi connectivity index (χ3v) is 6.84. The van der Waals surface area contributed by atoms with E-state index in [-0.39, 0.29) is 49.1 Å². The van der Waals surface area contributed by atoms with Crippen LogP contribution in [0.3, 0.4) is 0 Å². The lowest BCUT2D eigenvalue weighted by Gasteiger charge is -2.20. The SMILES string of the molecule is N#CC1=c2oc(=O)/c(=C\c3cccc(Cl)c3Cl)n2-c2oc(N)nc2[C@H]1c1cccc(Cl)c1Cl. The first kappa shape index (κ1) is 21.7. The van der Waals surface area contributed by atoms with Gasteiger partial charge in [0.25, 0.3) is 6.01 Å². The van der Waals surface area contributed by atoms with Crippen molar-refractivity contribution in [3.05, 3.63) is 94.6 Å². The number of nitrogens with two attached hydrogens (primary N) is 1. The van der Waals surface area contributed by atoms with Crippen molar-refractivity contribution in [1.82, 2.24) is 9.55 Å². The first-order valence-electron chi connectivity index (χ1n) is 9.34. The molecule has 0 saturated heterocycles. The predicted octanol–water partition coefficient (Wildman–Crippen LogP) is 4.26. The number of fused-ring (bicyclic) bond motifs is 3. The summed E-state index contributed by atoms with van der Waals surface area (Å²) in [5.41, 5.74) is 6.39. The maximum atomic E-state index is 12.9. The van der Waals surface area contributed by atoms with E-state index in [4.69, 9.17) is 61.0 Å². The number of anilines is 1. The number of rotatable bonds is 2. The molecule has 33 heavy (non-hydrogen) atoms. The van der Waals surface area contributed by atoms with Gasteiger partial charge >= 0.3 is 5.63 Å². The van der Waals surface area contributed by atoms with E-state index < -0.39 is 11.5 Å². The minimum atomic E-state index is -0.828. The van der Waals surface area contributed by atoms with Crippen molar-refractivity contribution in [1.29, 1.82) is 5.26 Å². The Hall–Kier alpha value is -3.15. The molecular formula is C22H10Cl4N4O3. The number of nitrogens with zero attached hydrogens (tertiary/aromatic N) is 3. The van der Waals surface area contributed by atoms with Gasteiger partial charge in [-0.2, -0.15) is 10.2 Å². The van der Waals surface area contributed by atoms with Gasteiger partial charge < -0.3 is 14.6 Å². The zero-order valence-corrected chi connectivity index (χ0v) is 19.3. The third kappa shape index (κ3) is 3.35. The van der Waals surface area contributed by atoms with E-state index in [1.807, 2.05) is 0 Å². The number of oxazole rings is 2. The number of nitrogen functional groups attached to an aromatic ring is 1. The summed E-state index contributed by atoms with van der Waals surface area (Å²) in [5.74, 6) is -0.719. The molecule has 0 unspecified atom stereocenters. The monoisotopic (exact) mass is 518 g/mol. The van der Waals surface area contributed by atoms with E-state index in [1.165, 1.54) is 10.6 Å². The molecule has 3 heterocycles. The highest BCUT2D eigenvalue weighted by Gasteiger charge is 2.37. The van der Waals surface area contributed by atoms with Gasteiger partial charge in [0.2, 0.25) is 11.4 Å². The highest BCUT2D eigenvalue weighted by atomic mass is 35.5. The normalized spacial score (nSPS) is 15.3. The van der Waals surface area contributed by atoms with Crippen LogP contribution in [0.15, 0.2) is 50.0 Å². The Kier molecular flexibility index (Phi) is 5.26. The maximum absolute atomic E-state index is 12.9. The minimum absolute atomic E-state index is 0.0370. The van der Waals surface area contributed by atoms with Gasteiger partial charge in [-0.1, -0.05) is 70.7 Å². The summed E-state index contributed by atoms with van der Waals surface area (Å²) in [7, 11) is 0. The first-order valence-corrected chi connectivity index (χ1v) is 10.9. The van der Waals surface area contributed by atoms with Crippen molar-refractivity contribution in [3.8, 4) is 12.0 Å². The smallest absolute Gasteiger partial charge is 0.362 e. The topological polar surface area (TPSA) is 111 Å². The summed E-state index contributed by atoms with van der Waals surface area (Å²) >= 11 is 25.1. The summed E-state index contributed by atoms with van der Waals surface area (Å²) in [6, 6.07) is 11.9. The summed E-state index contributed by atoms with van der Waals surface area (Å²) < 4.78 is 12.5. The van der Waals surface area contributed by atoms with Crippen LogP contribution < -0.4 is 22.3 Å². The molecule has 0 spiro atoms. The zero-order chi connectivity index (χ0) is 23.4. The van der Waals surface area contributed by atoms with Gasteiger partial charge in [-0.05, 0) is 29.3 Å². The number of hydrogen-bond acceptors (Lipinski definition) is 6. The summed E-state index contributed by atoms with van der Waals surface area (Å²) in [6.45, 7) is 0. The average molecular weight is 520 g/mol. The van der Waals surface area contributed by atoms with Crippen molar-refractivity contribution in [3.63, 3.8) is 0 Å². The standard InChI is InChI=1S/C22H10Cl4N4O3/c23-12-5-1-3-9(16(12)25)7-14-21(31)32-19-11(8-27)15(10-4-2-6-13(24)17(10)26)18-20(30(14)19)33-22(28)29-18/h1-7,15H,(H2,28,29)/b14-7+/t15-/m0/s1. The second-order valence-corrected chi connectivity index (χ2v) is 8.62. The number of halogens is 4. The molecule has 5 rings (SSSR count). The molecule has 0 saturated carbocycles. The maximum Gasteiger partial charge on any atom is 0.362 e. The van der Waals surface area contributed by atoms with Crippen molar-refractivity contribution in [2.45, 2.75) is 5.92 Å². The van der Waals surface area contributed by atoms with Crippen LogP contribution in [0.4, 0.5) is 6.01 Å². The quantitative estimate of drug-likeness (QED) is 0.423. The van der Waals surface area contributed by atoms with E-state index >= 15 is 0 Å². The Morgan fingerprint density at radius 2 is 1.76 bits per heavy atom. The number of benzene rings is 2. The molecular weight excluding hydrogens is 510 g/mol. The van der Waals surface area contributed by atoms with Crippen LogP contribution in [0.5, 0.6) is 0 Å². The summed E-state index contributed by atoms with van der Waals surface area (Å²) in [5, 5.41) is 11.2. The second-order valence-electron chi connectivity index (χ2n) is 7.05. The van der Waals surface area contributed by atoms with Gasteiger partial charge in [0.15, 0.2) is 0 Å². The molecule has 0 aliphatic carbocycles. The predicted molar refractivity (Wildman–Crippen MR) is 125 cm³/mol. The Morgan fingerprint density at radius 3 is 2.48 bits per heavy atom. The molecule has 7 nitrogen and oxygen atoms in total. The van der Waals surface area contributed by atoms with Gasteiger partial charge in [0.1, 0.15) is 22.7 Å². The Morgan fingerprint density at radius 1 is 1.06 bits per heavy atom. The Balaban J connectivity index is 1.92. The van der Waals surface area contributed by atoms with Crippen LogP contribution in [0, 0.1) is 11.3 Å².